The Bertz CT molecular complexity index is 1820. The topological polar surface area (TPSA) is 120 Å². The van der Waals surface area contributed by atoms with Gasteiger partial charge in [-0.3, -0.25) is 4.57 Å². The van der Waals surface area contributed by atoms with E-state index in [1.807, 2.05) is 54.6 Å². The van der Waals surface area contributed by atoms with E-state index in [0.717, 1.165) is 22.3 Å². The minimum Gasteiger partial charge on any atom is -0.480 e. The molecular weight excluding hydrogens is 560 g/mol. The number of nitrogens with zero attached hydrogens (tertiary/aromatic N) is 1. The molecule has 2 aromatic heterocycles. The van der Waals surface area contributed by atoms with Crippen LogP contribution in [0.15, 0.2) is 95.7 Å². The molecular formula is C35H32N2O7. The molecule has 1 amide bonds. The normalized spacial score (nSPS) is 13.2. The smallest absolute Gasteiger partial charge is 0.419 e. The number of carboxylic acids is 1. The Morgan fingerprint density at radius 2 is 1.57 bits per heavy atom. The number of para-hydroxylation sites is 1. The van der Waals surface area contributed by atoms with Crippen molar-refractivity contribution < 1.29 is 33.4 Å². The summed E-state index contributed by atoms with van der Waals surface area (Å²) < 4.78 is 18.2. The fraction of sp³-hybridized carbons (Fsp3) is 0.229. The number of nitrogens with one attached hydrogen (secondary N) is 1. The SMILES string of the molecule is CC(C)(C)OC(=O)n1cc(C[C@H](NC(=O)OCC2c3ccccc3-c3ccccc32)C(=O)O)c2cccc(-c3ccco3)c21. The zero-order chi connectivity index (χ0) is 31.0. The average Bonchev–Trinajstić information content (AvgIpc) is 3.72. The first-order chi connectivity index (χ1) is 21.1. The van der Waals surface area contributed by atoms with Gasteiger partial charge in [-0.15, -0.1) is 0 Å². The van der Waals surface area contributed by atoms with Crippen molar-refractivity contribution in [2.45, 2.75) is 44.8 Å². The van der Waals surface area contributed by atoms with Gasteiger partial charge in [0.05, 0.1) is 11.8 Å². The van der Waals surface area contributed by atoms with E-state index in [2.05, 4.69) is 5.32 Å². The van der Waals surface area contributed by atoms with E-state index in [0.29, 0.717) is 27.8 Å². The maximum atomic E-state index is 13.3. The number of carbonyl (C=O) groups is 3. The monoisotopic (exact) mass is 592 g/mol. The van der Waals surface area contributed by atoms with Crippen molar-refractivity contribution in [3.8, 4) is 22.5 Å². The molecule has 0 saturated carbocycles. The molecule has 224 valence electrons. The van der Waals surface area contributed by atoms with E-state index < -0.39 is 29.8 Å². The second kappa shape index (κ2) is 11.4. The summed E-state index contributed by atoms with van der Waals surface area (Å²) in [6, 6.07) is 23.6. The highest BCUT2D eigenvalue weighted by molar-refractivity contribution is 6.01. The number of carbonyl (C=O) groups excluding carboxylic acids is 2. The Morgan fingerprint density at radius 1 is 0.909 bits per heavy atom. The summed E-state index contributed by atoms with van der Waals surface area (Å²) in [6.45, 7) is 5.35. The van der Waals surface area contributed by atoms with Gasteiger partial charge in [-0.25, -0.2) is 14.4 Å². The van der Waals surface area contributed by atoms with Gasteiger partial charge < -0.3 is 24.3 Å². The maximum Gasteiger partial charge on any atom is 0.419 e. The minimum absolute atomic E-state index is 0.0522. The molecule has 1 aliphatic rings. The molecule has 6 rings (SSSR count). The van der Waals surface area contributed by atoms with Gasteiger partial charge in [0, 0.05) is 29.5 Å². The number of aliphatic carboxylic acids is 1. The summed E-state index contributed by atoms with van der Waals surface area (Å²) in [5.41, 5.74) is 5.22. The van der Waals surface area contributed by atoms with Crippen molar-refractivity contribution in [2.75, 3.05) is 6.61 Å². The zero-order valence-electron chi connectivity index (χ0n) is 24.6. The zero-order valence-corrected chi connectivity index (χ0v) is 24.6. The molecule has 3 aromatic carbocycles. The van der Waals surface area contributed by atoms with Crippen LogP contribution in [-0.2, 0) is 20.7 Å². The lowest BCUT2D eigenvalue weighted by Gasteiger charge is -2.20. The summed E-state index contributed by atoms with van der Waals surface area (Å²) in [5, 5.41) is 13.2. The van der Waals surface area contributed by atoms with Crippen LogP contribution in [0.5, 0.6) is 0 Å². The number of alkyl carbamates (subject to hydrolysis) is 1. The average molecular weight is 593 g/mol. The lowest BCUT2D eigenvalue weighted by Crippen LogP contribution is -2.42. The highest BCUT2D eigenvalue weighted by atomic mass is 16.6. The molecule has 0 unspecified atom stereocenters. The number of hydrogen-bond donors (Lipinski definition) is 2. The number of amides is 1. The molecule has 2 heterocycles. The Morgan fingerprint density at radius 3 is 2.18 bits per heavy atom. The third-order valence-corrected chi connectivity index (χ3v) is 7.64. The lowest BCUT2D eigenvalue weighted by atomic mass is 9.98. The first-order valence-electron chi connectivity index (χ1n) is 14.3. The molecule has 44 heavy (non-hydrogen) atoms. The van der Waals surface area contributed by atoms with Crippen LogP contribution in [0.25, 0.3) is 33.4 Å². The van der Waals surface area contributed by atoms with Gasteiger partial charge in [0.15, 0.2) is 0 Å². The van der Waals surface area contributed by atoms with Crippen molar-refractivity contribution >= 4 is 29.1 Å². The summed E-state index contributed by atoms with van der Waals surface area (Å²) in [5.74, 6) is -0.862. The largest absolute Gasteiger partial charge is 0.480 e. The number of benzene rings is 3. The summed E-state index contributed by atoms with van der Waals surface area (Å²) in [6.07, 6.45) is 1.53. The maximum absolute atomic E-state index is 13.3. The van der Waals surface area contributed by atoms with Crippen LogP contribution in [0, 0.1) is 0 Å². The van der Waals surface area contributed by atoms with Crippen LogP contribution in [0.1, 0.15) is 43.4 Å². The molecule has 2 N–H and O–H groups in total. The first kappa shape index (κ1) is 28.8. The van der Waals surface area contributed by atoms with E-state index in [1.165, 1.54) is 10.8 Å². The lowest BCUT2D eigenvalue weighted by molar-refractivity contribution is -0.139. The van der Waals surface area contributed by atoms with Crippen molar-refractivity contribution in [3.63, 3.8) is 0 Å². The fourth-order valence-electron chi connectivity index (χ4n) is 5.80. The highest BCUT2D eigenvalue weighted by Crippen LogP contribution is 2.44. The van der Waals surface area contributed by atoms with Crippen molar-refractivity contribution in [1.29, 1.82) is 0 Å². The van der Waals surface area contributed by atoms with E-state index in [9.17, 15) is 19.5 Å². The van der Waals surface area contributed by atoms with Crippen molar-refractivity contribution in [3.05, 3.63) is 108 Å². The Hall–Kier alpha value is -5.31. The molecule has 5 aromatic rings. The fourth-order valence-corrected chi connectivity index (χ4v) is 5.80. The number of carboxylic acid groups (broad SMARTS) is 1. The van der Waals surface area contributed by atoms with Gasteiger partial charge in [-0.1, -0.05) is 60.7 Å². The van der Waals surface area contributed by atoms with Gasteiger partial charge >= 0.3 is 18.2 Å². The number of ether oxygens (including phenoxy) is 2. The van der Waals surface area contributed by atoms with Crippen LogP contribution in [0.3, 0.4) is 0 Å². The van der Waals surface area contributed by atoms with E-state index in [4.69, 9.17) is 13.9 Å². The highest BCUT2D eigenvalue weighted by Gasteiger charge is 2.31. The van der Waals surface area contributed by atoms with Gasteiger partial charge in [0.1, 0.15) is 24.0 Å². The van der Waals surface area contributed by atoms with Gasteiger partial charge in [0.25, 0.3) is 0 Å². The number of rotatable bonds is 7. The second-order valence-corrected chi connectivity index (χ2v) is 11.7. The number of aromatic nitrogens is 1. The van der Waals surface area contributed by atoms with E-state index >= 15 is 0 Å². The van der Waals surface area contributed by atoms with Crippen LogP contribution in [0.4, 0.5) is 9.59 Å². The predicted octanol–water partition coefficient (Wildman–Crippen LogP) is 7.22. The molecule has 1 atom stereocenters. The summed E-state index contributed by atoms with van der Waals surface area (Å²) in [7, 11) is 0. The van der Waals surface area contributed by atoms with Crippen molar-refractivity contribution in [1.82, 2.24) is 9.88 Å². The van der Waals surface area contributed by atoms with E-state index in [1.54, 1.807) is 51.2 Å². The van der Waals surface area contributed by atoms with Gasteiger partial charge in [0.2, 0.25) is 0 Å². The first-order valence-corrected chi connectivity index (χ1v) is 14.3. The number of fused-ring (bicyclic) bond motifs is 4. The molecule has 0 bridgehead atoms. The summed E-state index contributed by atoms with van der Waals surface area (Å²) >= 11 is 0. The quantitative estimate of drug-likeness (QED) is 0.205. The number of hydrogen-bond acceptors (Lipinski definition) is 6. The molecule has 9 heteroatoms. The molecule has 0 radical (unpaired) electrons. The van der Waals surface area contributed by atoms with Crippen LogP contribution < -0.4 is 5.32 Å². The van der Waals surface area contributed by atoms with Crippen molar-refractivity contribution in [2.24, 2.45) is 0 Å². The second-order valence-electron chi connectivity index (χ2n) is 11.7. The predicted molar refractivity (Wildman–Crippen MR) is 165 cm³/mol. The van der Waals surface area contributed by atoms with Gasteiger partial charge in [-0.2, -0.15) is 0 Å². The molecule has 9 nitrogen and oxygen atoms in total. The molecule has 0 saturated heterocycles. The Kier molecular flexibility index (Phi) is 7.47. The van der Waals surface area contributed by atoms with Gasteiger partial charge in [-0.05, 0) is 66.8 Å². The van der Waals surface area contributed by atoms with Crippen LogP contribution in [-0.4, -0.2) is 46.1 Å². The molecule has 0 spiro atoms. The van der Waals surface area contributed by atoms with Crippen LogP contribution >= 0.6 is 0 Å². The Balaban J connectivity index is 1.25. The molecule has 1 aliphatic carbocycles. The Labute approximate surface area is 254 Å². The van der Waals surface area contributed by atoms with E-state index in [-0.39, 0.29) is 18.9 Å². The minimum atomic E-state index is -1.32. The number of furan rings is 1. The molecule has 0 fully saturated rings. The third kappa shape index (κ3) is 5.56. The third-order valence-electron chi connectivity index (χ3n) is 7.64. The van der Waals surface area contributed by atoms with Crippen LogP contribution in [0.2, 0.25) is 0 Å². The molecule has 0 aliphatic heterocycles. The standard InChI is InChI=1S/C35H32N2O7/c1-35(2,3)44-34(41)37-19-21(22-14-8-15-27(31(22)37)30-16-9-17-42-30)18-29(32(38)39)36-33(40)43-20-28-25-12-6-4-10-23(25)24-11-5-7-13-26(24)28/h4-17,19,28-29H,18,20H2,1-3H3,(H,36,40)(H,38,39)/t29-/m0/s1. The summed E-state index contributed by atoms with van der Waals surface area (Å²) in [4.78, 5) is 38.6.